The Bertz CT molecular complexity index is 251. The Hall–Kier alpha value is -0.640. The molecule has 0 saturated heterocycles. The van der Waals surface area contributed by atoms with Crippen LogP contribution in [0, 0.1) is 0 Å². The third-order valence-corrected chi connectivity index (χ3v) is 2.37. The van der Waals surface area contributed by atoms with Crippen molar-refractivity contribution in [3.8, 4) is 0 Å². The van der Waals surface area contributed by atoms with Crippen molar-refractivity contribution in [1.82, 2.24) is 0 Å². The van der Waals surface area contributed by atoms with Gasteiger partial charge in [-0.05, 0) is 6.42 Å². The van der Waals surface area contributed by atoms with Crippen LogP contribution in [0.25, 0.3) is 0 Å². The average molecular weight is 190 g/mol. The van der Waals surface area contributed by atoms with E-state index in [-0.39, 0.29) is 11.5 Å². The van der Waals surface area contributed by atoms with Gasteiger partial charge in [0.05, 0.1) is 5.75 Å². The van der Waals surface area contributed by atoms with Crippen molar-refractivity contribution in [1.29, 1.82) is 0 Å². The van der Waals surface area contributed by atoms with Gasteiger partial charge in [0, 0.05) is 19.1 Å². The Morgan fingerprint density at radius 1 is 1.50 bits per heavy atom. The maximum Gasteiger partial charge on any atom is 0.147 e. The molecule has 12 heavy (non-hydrogen) atoms. The number of rotatable bonds is 6. The summed E-state index contributed by atoms with van der Waals surface area (Å²) in [5.74, 6) is 0.143. The lowest BCUT2D eigenvalue weighted by Crippen LogP contribution is -2.05. The molecule has 0 amide bonds. The molecule has 0 rings (SSSR count). The molecule has 0 aromatic heterocycles. The first kappa shape index (κ1) is 11.4. The molecule has 0 N–H and O–H groups in total. The molecule has 70 valence electrons. The summed E-state index contributed by atoms with van der Waals surface area (Å²) >= 11 is 0. The highest BCUT2D eigenvalue weighted by Crippen LogP contribution is 1.98. The highest BCUT2D eigenvalue weighted by molar-refractivity contribution is 7.90. The van der Waals surface area contributed by atoms with Crippen LogP contribution in [0.1, 0.15) is 19.3 Å². The lowest BCUT2D eigenvalue weighted by molar-refractivity contribution is -0.118. The van der Waals surface area contributed by atoms with Crippen LogP contribution < -0.4 is 0 Å². The van der Waals surface area contributed by atoms with Crippen molar-refractivity contribution >= 4 is 15.6 Å². The van der Waals surface area contributed by atoms with Crippen LogP contribution in [0.15, 0.2) is 12.7 Å². The Labute approximate surface area is 73.4 Å². The third-order valence-electron chi connectivity index (χ3n) is 1.34. The van der Waals surface area contributed by atoms with E-state index < -0.39 is 9.84 Å². The van der Waals surface area contributed by atoms with E-state index in [1.165, 1.54) is 12.3 Å². The zero-order valence-electron chi connectivity index (χ0n) is 7.25. The van der Waals surface area contributed by atoms with Crippen LogP contribution in [0.2, 0.25) is 0 Å². The van der Waals surface area contributed by atoms with Gasteiger partial charge in [-0.15, -0.1) is 6.58 Å². The zero-order chi connectivity index (χ0) is 9.61. The number of hydrogen-bond acceptors (Lipinski definition) is 3. The summed E-state index contributed by atoms with van der Waals surface area (Å²) in [6.07, 6.45) is 3.79. The second kappa shape index (κ2) is 5.09. The lowest BCUT2D eigenvalue weighted by Gasteiger charge is -1.96. The molecule has 0 atom stereocenters. The van der Waals surface area contributed by atoms with Gasteiger partial charge in [-0.2, -0.15) is 0 Å². The molecule has 3 nitrogen and oxygen atoms in total. The molecular weight excluding hydrogens is 176 g/mol. The molecule has 0 spiro atoms. The first-order valence-corrected chi connectivity index (χ1v) is 5.82. The van der Waals surface area contributed by atoms with Crippen LogP contribution in [0.5, 0.6) is 0 Å². The number of ketones is 1. The molecule has 0 aliphatic carbocycles. The summed E-state index contributed by atoms with van der Waals surface area (Å²) in [5.41, 5.74) is 0. The molecule has 0 aliphatic rings. The van der Waals surface area contributed by atoms with E-state index in [1.54, 1.807) is 0 Å². The van der Waals surface area contributed by atoms with Gasteiger partial charge in [0.15, 0.2) is 0 Å². The number of sulfone groups is 1. The SMILES string of the molecule is C=CCC(=O)CCCS(C)(=O)=O. The Morgan fingerprint density at radius 2 is 2.08 bits per heavy atom. The summed E-state index contributed by atoms with van der Waals surface area (Å²) in [6, 6.07) is 0. The molecule has 0 saturated carbocycles. The minimum Gasteiger partial charge on any atom is -0.299 e. The maximum absolute atomic E-state index is 10.9. The van der Waals surface area contributed by atoms with Crippen molar-refractivity contribution in [2.45, 2.75) is 19.3 Å². The fourth-order valence-electron chi connectivity index (χ4n) is 0.795. The van der Waals surface area contributed by atoms with Crippen molar-refractivity contribution in [2.75, 3.05) is 12.0 Å². The fraction of sp³-hybridized carbons (Fsp3) is 0.625. The van der Waals surface area contributed by atoms with E-state index in [0.29, 0.717) is 19.3 Å². The van der Waals surface area contributed by atoms with Crippen LogP contribution in [-0.4, -0.2) is 26.2 Å². The minimum atomic E-state index is -2.91. The predicted molar refractivity (Wildman–Crippen MR) is 48.8 cm³/mol. The summed E-state index contributed by atoms with van der Waals surface area (Å²) < 4.78 is 21.3. The number of allylic oxidation sites excluding steroid dienone is 1. The number of carbonyl (C=O) groups is 1. The summed E-state index contributed by atoms with van der Waals surface area (Å²) in [7, 11) is -2.91. The smallest absolute Gasteiger partial charge is 0.147 e. The molecule has 0 aromatic carbocycles. The first-order valence-electron chi connectivity index (χ1n) is 3.76. The van der Waals surface area contributed by atoms with Gasteiger partial charge in [0.2, 0.25) is 0 Å². The third kappa shape index (κ3) is 7.47. The van der Waals surface area contributed by atoms with Gasteiger partial charge in [0.25, 0.3) is 0 Å². The molecule has 0 heterocycles. The Morgan fingerprint density at radius 3 is 2.50 bits per heavy atom. The molecule has 0 aliphatic heterocycles. The van der Waals surface area contributed by atoms with Gasteiger partial charge >= 0.3 is 0 Å². The van der Waals surface area contributed by atoms with E-state index in [2.05, 4.69) is 6.58 Å². The minimum absolute atomic E-state index is 0.0497. The summed E-state index contributed by atoms with van der Waals surface area (Å²) in [5, 5.41) is 0. The molecule has 4 heteroatoms. The van der Waals surface area contributed by atoms with E-state index in [4.69, 9.17) is 0 Å². The van der Waals surface area contributed by atoms with Gasteiger partial charge in [-0.1, -0.05) is 6.08 Å². The predicted octanol–water partition coefficient (Wildman–Crippen LogP) is 0.956. The first-order chi connectivity index (χ1) is 5.45. The second-order valence-corrected chi connectivity index (χ2v) is 5.02. The topological polar surface area (TPSA) is 51.2 Å². The normalized spacial score (nSPS) is 11.1. The average Bonchev–Trinajstić information content (AvgIpc) is 1.84. The highest BCUT2D eigenvalue weighted by Gasteiger charge is 2.04. The van der Waals surface area contributed by atoms with Gasteiger partial charge in [-0.3, -0.25) is 4.79 Å². The summed E-state index contributed by atoms with van der Waals surface area (Å²) in [6.45, 7) is 3.42. The molecule has 0 fully saturated rings. The maximum atomic E-state index is 10.9. The zero-order valence-corrected chi connectivity index (χ0v) is 8.06. The highest BCUT2D eigenvalue weighted by atomic mass is 32.2. The van der Waals surface area contributed by atoms with Crippen LogP contribution >= 0.6 is 0 Å². The molecule has 0 aromatic rings. The van der Waals surface area contributed by atoms with Crippen molar-refractivity contribution < 1.29 is 13.2 Å². The molecule has 0 bridgehead atoms. The number of carbonyl (C=O) groups excluding carboxylic acids is 1. The van der Waals surface area contributed by atoms with Crippen molar-refractivity contribution in [3.63, 3.8) is 0 Å². The van der Waals surface area contributed by atoms with Gasteiger partial charge in [0.1, 0.15) is 15.6 Å². The quantitative estimate of drug-likeness (QED) is 0.586. The van der Waals surface area contributed by atoms with Crippen molar-refractivity contribution in [2.24, 2.45) is 0 Å². The van der Waals surface area contributed by atoms with E-state index in [9.17, 15) is 13.2 Å². The second-order valence-electron chi connectivity index (χ2n) is 2.76. The Kier molecular flexibility index (Phi) is 4.81. The van der Waals surface area contributed by atoms with Crippen molar-refractivity contribution in [3.05, 3.63) is 12.7 Å². The molecular formula is C8H14O3S. The standard InChI is InChI=1S/C8H14O3S/c1-3-5-8(9)6-4-7-12(2,10)11/h3H,1,4-7H2,2H3. The fourth-order valence-corrected chi connectivity index (χ4v) is 1.46. The Balaban J connectivity index is 3.57. The lowest BCUT2D eigenvalue weighted by atomic mass is 10.2. The number of Topliss-reactive ketones (excluding diaryl/α,β-unsaturated/α-hetero) is 1. The van der Waals surface area contributed by atoms with E-state index in [1.807, 2.05) is 0 Å². The largest absolute Gasteiger partial charge is 0.299 e. The van der Waals surface area contributed by atoms with Crippen LogP contribution in [0.4, 0.5) is 0 Å². The number of hydrogen-bond donors (Lipinski definition) is 0. The van der Waals surface area contributed by atoms with Crippen LogP contribution in [0.3, 0.4) is 0 Å². The summed E-state index contributed by atoms with van der Waals surface area (Å²) in [4.78, 5) is 10.9. The van der Waals surface area contributed by atoms with E-state index >= 15 is 0 Å². The van der Waals surface area contributed by atoms with E-state index in [0.717, 1.165) is 0 Å². The van der Waals surface area contributed by atoms with Gasteiger partial charge in [-0.25, -0.2) is 8.42 Å². The van der Waals surface area contributed by atoms with Gasteiger partial charge < -0.3 is 0 Å². The van der Waals surface area contributed by atoms with Crippen LogP contribution in [-0.2, 0) is 14.6 Å². The molecule has 0 radical (unpaired) electrons. The monoisotopic (exact) mass is 190 g/mol. The molecule has 0 unspecified atom stereocenters.